The van der Waals surface area contributed by atoms with Crippen molar-refractivity contribution in [3.8, 4) is 0 Å². The Labute approximate surface area is 153 Å². The Balaban J connectivity index is 1.69. The highest BCUT2D eigenvalue weighted by molar-refractivity contribution is 6.39. The van der Waals surface area contributed by atoms with Crippen LogP contribution in [0.15, 0.2) is 42.7 Å². The second-order valence-corrected chi connectivity index (χ2v) is 6.25. The molecule has 0 radical (unpaired) electrons. The maximum absolute atomic E-state index is 12.5. The molecule has 3 aromatic rings. The molecule has 1 heterocycles. The number of rotatable bonds is 4. The van der Waals surface area contributed by atoms with E-state index in [2.05, 4.69) is 15.3 Å². The minimum atomic E-state index is -0.395. The third-order valence-electron chi connectivity index (χ3n) is 3.62. The van der Waals surface area contributed by atoms with E-state index in [4.69, 9.17) is 23.2 Å². The van der Waals surface area contributed by atoms with Gasteiger partial charge in [-0.25, -0.2) is 4.98 Å². The van der Waals surface area contributed by atoms with Crippen molar-refractivity contribution < 1.29 is 9.59 Å². The van der Waals surface area contributed by atoms with E-state index in [1.165, 1.54) is 4.90 Å². The fourth-order valence-corrected chi connectivity index (χ4v) is 2.86. The second kappa shape index (κ2) is 7.13. The molecule has 1 aromatic heterocycles. The SMILES string of the molecule is CN(CC(=O)Nc1c(Cl)cccc1Cl)C(=O)c1ccc2nc[nH]c2c1. The molecule has 0 aliphatic carbocycles. The molecule has 2 amide bonds. The zero-order chi connectivity index (χ0) is 18.0. The van der Waals surface area contributed by atoms with Gasteiger partial charge in [-0.1, -0.05) is 29.3 Å². The normalized spacial score (nSPS) is 10.7. The van der Waals surface area contributed by atoms with E-state index in [1.807, 2.05) is 0 Å². The highest BCUT2D eigenvalue weighted by Gasteiger charge is 2.17. The lowest BCUT2D eigenvalue weighted by molar-refractivity contribution is -0.116. The average Bonchev–Trinajstić information content (AvgIpc) is 3.05. The molecular weight excluding hydrogens is 363 g/mol. The molecule has 0 bridgehead atoms. The van der Waals surface area contributed by atoms with Crippen molar-refractivity contribution in [3.63, 3.8) is 0 Å². The minimum Gasteiger partial charge on any atom is -0.345 e. The van der Waals surface area contributed by atoms with Crippen LogP contribution in [0.1, 0.15) is 10.4 Å². The summed E-state index contributed by atoms with van der Waals surface area (Å²) in [6.45, 7) is -0.138. The zero-order valence-electron chi connectivity index (χ0n) is 13.2. The van der Waals surface area contributed by atoms with Crippen LogP contribution in [0.2, 0.25) is 10.0 Å². The maximum atomic E-state index is 12.5. The number of likely N-dealkylation sites (N-methyl/N-ethyl adjacent to an activating group) is 1. The molecule has 2 N–H and O–H groups in total. The van der Waals surface area contributed by atoms with Gasteiger partial charge in [-0.05, 0) is 30.3 Å². The van der Waals surface area contributed by atoms with E-state index in [9.17, 15) is 9.59 Å². The minimum absolute atomic E-state index is 0.138. The standard InChI is InChI=1S/C17H14Cl2N4O2/c1-23(8-15(24)22-16-11(18)3-2-4-12(16)19)17(25)10-5-6-13-14(7-10)21-9-20-13/h2-7,9H,8H2,1H3,(H,20,21)(H,22,24). The van der Waals surface area contributed by atoms with Gasteiger partial charge < -0.3 is 15.2 Å². The molecule has 8 heteroatoms. The van der Waals surface area contributed by atoms with Gasteiger partial charge in [-0.2, -0.15) is 0 Å². The fourth-order valence-electron chi connectivity index (χ4n) is 2.37. The van der Waals surface area contributed by atoms with Crippen molar-refractivity contribution in [2.24, 2.45) is 0 Å². The van der Waals surface area contributed by atoms with Crippen molar-refractivity contribution in [3.05, 3.63) is 58.3 Å². The van der Waals surface area contributed by atoms with E-state index in [1.54, 1.807) is 49.8 Å². The molecule has 0 spiro atoms. The number of aromatic amines is 1. The molecule has 2 aromatic carbocycles. The number of amides is 2. The Morgan fingerprint density at radius 3 is 2.64 bits per heavy atom. The number of H-pyrrole nitrogens is 1. The number of aromatic nitrogens is 2. The Bertz CT molecular complexity index is 934. The zero-order valence-corrected chi connectivity index (χ0v) is 14.7. The number of benzene rings is 2. The number of anilines is 1. The van der Waals surface area contributed by atoms with Crippen molar-refractivity contribution in [2.45, 2.75) is 0 Å². The van der Waals surface area contributed by atoms with Gasteiger partial charge in [0, 0.05) is 12.6 Å². The summed E-state index contributed by atoms with van der Waals surface area (Å²) in [6.07, 6.45) is 1.56. The van der Waals surface area contributed by atoms with Crippen molar-refractivity contribution in [2.75, 3.05) is 18.9 Å². The van der Waals surface area contributed by atoms with Crippen LogP contribution in [-0.2, 0) is 4.79 Å². The molecule has 0 saturated carbocycles. The van der Waals surface area contributed by atoms with Gasteiger partial charge in [0.1, 0.15) is 0 Å². The molecule has 0 aliphatic heterocycles. The molecule has 128 valence electrons. The van der Waals surface area contributed by atoms with Gasteiger partial charge >= 0.3 is 0 Å². The van der Waals surface area contributed by atoms with Crippen molar-refractivity contribution >= 4 is 51.7 Å². The lowest BCUT2D eigenvalue weighted by atomic mass is 10.2. The molecular formula is C17H14Cl2N4O2. The van der Waals surface area contributed by atoms with E-state index < -0.39 is 5.91 Å². The molecule has 25 heavy (non-hydrogen) atoms. The second-order valence-electron chi connectivity index (χ2n) is 5.44. The first-order chi connectivity index (χ1) is 12.0. The monoisotopic (exact) mass is 376 g/mol. The smallest absolute Gasteiger partial charge is 0.254 e. The summed E-state index contributed by atoms with van der Waals surface area (Å²) in [5, 5.41) is 3.29. The summed E-state index contributed by atoms with van der Waals surface area (Å²) in [4.78, 5) is 33.1. The van der Waals surface area contributed by atoms with Crippen molar-refractivity contribution in [1.29, 1.82) is 0 Å². The number of imidazole rings is 1. The Hall–Kier alpha value is -2.57. The highest BCUT2D eigenvalue weighted by atomic mass is 35.5. The van der Waals surface area contributed by atoms with Crippen LogP contribution in [0.3, 0.4) is 0 Å². The molecule has 0 atom stereocenters. The number of fused-ring (bicyclic) bond motifs is 1. The number of hydrogen-bond acceptors (Lipinski definition) is 3. The van der Waals surface area contributed by atoms with Crippen LogP contribution in [0.5, 0.6) is 0 Å². The summed E-state index contributed by atoms with van der Waals surface area (Å²) in [5.41, 5.74) is 2.32. The van der Waals surface area contributed by atoms with Gasteiger partial charge in [0.05, 0.1) is 39.6 Å². The van der Waals surface area contributed by atoms with Gasteiger partial charge in [-0.15, -0.1) is 0 Å². The van der Waals surface area contributed by atoms with Crippen LogP contribution in [0.4, 0.5) is 5.69 Å². The highest BCUT2D eigenvalue weighted by Crippen LogP contribution is 2.29. The summed E-state index contributed by atoms with van der Waals surface area (Å²) in [6, 6.07) is 10.0. The topological polar surface area (TPSA) is 78.1 Å². The maximum Gasteiger partial charge on any atom is 0.254 e. The Morgan fingerprint density at radius 2 is 1.92 bits per heavy atom. The number of halogens is 2. The van der Waals surface area contributed by atoms with Gasteiger partial charge in [0.2, 0.25) is 5.91 Å². The van der Waals surface area contributed by atoms with Crippen LogP contribution in [-0.4, -0.2) is 40.3 Å². The predicted molar refractivity (Wildman–Crippen MR) is 98.1 cm³/mol. The number of carbonyl (C=O) groups excluding carboxylic acids is 2. The number of carbonyl (C=O) groups is 2. The lowest BCUT2D eigenvalue weighted by Crippen LogP contribution is -2.35. The van der Waals surface area contributed by atoms with Gasteiger partial charge in [-0.3, -0.25) is 9.59 Å². The largest absolute Gasteiger partial charge is 0.345 e. The first-order valence-corrected chi connectivity index (χ1v) is 8.14. The third kappa shape index (κ3) is 3.75. The van der Waals surface area contributed by atoms with Gasteiger partial charge in [0.25, 0.3) is 5.91 Å². The average molecular weight is 377 g/mol. The summed E-state index contributed by atoms with van der Waals surface area (Å²) in [5.74, 6) is -0.676. The first kappa shape index (κ1) is 17.3. The number of hydrogen-bond donors (Lipinski definition) is 2. The third-order valence-corrected chi connectivity index (χ3v) is 4.25. The summed E-state index contributed by atoms with van der Waals surface area (Å²) >= 11 is 12.0. The van der Waals surface area contributed by atoms with E-state index >= 15 is 0 Å². The van der Waals surface area contributed by atoms with Crippen LogP contribution in [0.25, 0.3) is 11.0 Å². The molecule has 3 rings (SSSR count). The molecule has 0 saturated heterocycles. The van der Waals surface area contributed by atoms with Crippen molar-refractivity contribution in [1.82, 2.24) is 14.9 Å². The Morgan fingerprint density at radius 1 is 1.20 bits per heavy atom. The van der Waals surface area contributed by atoms with E-state index in [0.29, 0.717) is 21.3 Å². The first-order valence-electron chi connectivity index (χ1n) is 7.38. The fraction of sp³-hybridized carbons (Fsp3) is 0.118. The lowest BCUT2D eigenvalue weighted by Gasteiger charge is -2.17. The van der Waals surface area contributed by atoms with Crippen LogP contribution in [0, 0.1) is 0 Å². The Kier molecular flexibility index (Phi) is 4.92. The summed E-state index contributed by atoms with van der Waals surface area (Å²) < 4.78 is 0. The summed E-state index contributed by atoms with van der Waals surface area (Å²) in [7, 11) is 1.55. The number of nitrogens with one attached hydrogen (secondary N) is 2. The molecule has 0 unspecified atom stereocenters. The number of nitrogens with zero attached hydrogens (tertiary/aromatic N) is 2. The molecule has 0 aliphatic rings. The van der Waals surface area contributed by atoms with Crippen LogP contribution < -0.4 is 5.32 Å². The van der Waals surface area contributed by atoms with E-state index in [0.717, 1.165) is 11.0 Å². The predicted octanol–water partition coefficient (Wildman–Crippen LogP) is 3.58. The van der Waals surface area contributed by atoms with Gasteiger partial charge in [0.15, 0.2) is 0 Å². The van der Waals surface area contributed by atoms with E-state index in [-0.39, 0.29) is 12.5 Å². The number of para-hydroxylation sites is 1. The van der Waals surface area contributed by atoms with Crippen LogP contribution >= 0.6 is 23.2 Å². The quantitative estimate of drug-likeness (QED) is 0.730. The molecule has 6 nitrogen and oxygen atoms in total. The molecule has 0 fully saturated rings.